The van der Waals surface area contributed by atoms with Crippen LogP contribution in [0.15, 0.2) is 48.5 Å². The molecule has 1 atom stereocenters. The SMILES string of the molecule is O=C(CN1C(=O)NC2(CCOc3ccccc32)C1=O)Nc1ccc(-c2nnc3n2CCCCC3)cc1. The van der Waals surface area contributed by atoms with Crippen LogP contribution in [0, 0.1) is 0 Å². The molecule has 1 unspecified atom stereocenters. The van der Waals surface area contributed by atoms with Gasteiger partial charge in [-0.2, -0.15) is 0 Å². The summed E-state index contributed by atoms with van der Waals surface area (Å²) < 4.78 is 7.82. The number of anilines is 1. The van der Waals surface area contributed by atoms with E-state index in [4.69, 9.17) is 4.74 Å². The van der Waals surface area contributed by atoms with Crippen molar-refractivity contribution in [2.45, 2.75) is 44.2 Å². The van der Waals surface area contributed by atoms with Crippen LogP contribution < -0.4 is 15.4 Å². The first-order valence-corrected chi connectivity index (χ1v) is 12.2. The molecule has 1 fully saturated rings. The molecule has 0 saturated carbocycles. The van der Waals surface area contributed by atoms with Crippen molar-refractivity contribution in [1.82, 2.24) is 25.0 Å². The Hall–Kier alpha value is -4.21. The quantitative estimate of drug-likeness (QED) is 0.548. The van der Waals surface area contributed by atoms with Gasteiger partial charge in [0.05, 0.1) is 6.61 Å². The zero-order chi connectivity index (χ0) is 24.7. The van der Waals surface area contributed by atoms with E-state index in [9.17, 15) is 14.4 Å². The molecule has 2 N–H and O–H groups in total. The van der Waals surface area contributed by atoms with Crippen LogP contribution in [0.3, 0.4) is 0 Å². The van der Waals surface area contributed by atoms with Crippen LogP contribution in [0.25, 0.3) is 11.4 Å². The lowest BCUT2D eigenvalue weighted by Gasteiger charge is -2.33. The van der Waals surface area contributed by atoms with Crippen molar-refractivity contribution < 1.29 is 19.1 Å². The van der Waals surface area contributed by atoms with Gasteiger partial charge in [0, 0.05) is 36.2 Å². The van der Waals surface area contributed by atoms with Gasteiger partial charge in [0.1, 0.15) is 18.1 Å². The molecule has 184 valence electrons. The number of urea groups is 1. The summed E-state index contributed by atoms with van der Waals surface area (Å²) in [5.74, 6) is 1.50. The molecule has 2 aromatic carbocycles. The molecular formula is C26H26N6O4. The lowest BCUT2D eigenvalue weighted by molar-refractivity contribution is -0.135. The molecule has 1 spiro atoms. The summed E-state index contributed by atoms with van der Waals surface area (Å²) in [6.45, 7) is 0.819. The van der Waals surface area contributed by atoms with Gasteiger partial charge >= 0.3 is 6.03 Å². The van der Waals surface area contributed by atoms with Crippen LogP contribution in [0.4, 0.5) is 10.5 Å². The molecule has 0 radical (unpaired) electrons. The number of nitrogens with one attached hydrogen (secondary N) is 2. The molecule has 1 aromatic heterocycles. The average molecular weight is 487 g/mol. The lowest BCUT2D eigenvalue weighted by Crippen LogP contribution is -2.48. The second kappa shape index (κ2) is 8.78. The highest BCUT2D eigenvalue weighted by atomic mass is 16.5. The summed E-state index contributed by atoms with van der Waals surface area (Å²) in [5, 5.41) is 14.3. The number of amides is 4. The van der Waals surface area contributed by atoms with Crippen LogP contribution >= 0.6 is 0 Å². The number of para-hydroxylation sites is 1. The number of fused-ring (bicyclic) bond motifs is 3. The molecular weight excluding hydrogens is 460 g/mol. The maximum absolute atomic E-state index is 13.4. The maximum Gasteiger partial charge on any atom is 0.325 e. The monoisotopic (exact) mass is 486 g/mol. The minimum atomic E-state index is -1.20. The van der Waals surface area contributed by atoms with E-state index in [1.807, 2.05) is 18.2 Å². The van der Waals surface area contributed by atoms with E-state index in [-0.39, 0.29) is 6.54 Å². The summed E-state index contributed by atoms with van der Waals surface area (Å²) in [7, 11) is 0. The Balaban J connectivity index is 1.15. The number of ether oxygens (including phenoxy) is 1. The second-order valence-electron chi connectivity index (χ2n) is 9.35. The van der Waals surface area contributed by atoms with Crippen molar-refractivity contribution >= 4 is 23.5 Å². The Morgan fingerprint density at radius 1 is 1.06 bits per heavy atom. The van der Waals surface area contributed by atoms with E-state index in [0.717, 1.165) is 47.9 Å². The highest BCUT2D eigenvalue weighted by Gasteiger charge is 2.55. The summed E-state index contributed by atoms with van der Waals surface area (Å²) in [5.41, 5.74) is 0.893. The van der Waals surface area contributed by atoms with E-state index in [0.29, 0.717) is 30.0 Å². The number of carbonyl (C=O) groups excluding carboxylic acids is 3. The smallest absolute Gasteiger partial charge is 0.325 e. The fourth-order valence-corrected chi connectivity index (χ4v) is 5.26. The van der Waals surface area contributed by atoms with E-state index in [1.54, 1.807) is 30.3 Å². The fourth-order valence-electron chi connectivity index (χ4n) is 5.26. The third kappa shape index (κ3) is 3.69. The number of nitrogens with zero attached hydrogens (tertiary/aromatic N) is 4. The zero-order valence-electron chi connectivity index (χ0n) is 19.7. The number of benzene rings is 2. The first kappa shape index (κ1) is 22.3. The van der Waals surface area contributed by atoms with Crippen LogP contribution in [-0.2, 0) is 28.1 Å². The van der Waals surface area contributed by atoms with Gasteiger partial charge in [-0.25, -0.2) is 4.79 Å². The standard InChI is InChI=1S/C26H26N6O4/c33-22(16-32-24(34)26(28-25(32)35)13-15-36-20-7-4-3-6-19(20)26)27-18-11-9-17(10-12-18)23-30-29-21-8-2-1-5-14-31(21)23/h3-4,6-7,9-12H,1-2,5,8,13-16H2,(H,27,33)(H,28,35). The van der Waals surface area contributed by atoms with E-state index in [2.05, 4.69) is 25.4 Å². The Bertz CT molecular complexity index is 1350. The van der Waals surface area contributed by atoms with Crippen molar-refractivity contribution in [3.63, 3.8) is 0 Å². The first-order chi connectivity index (χ1) is 17.5. The van der Waals surface area contributed by atoms with Gasteiger partial charge in [0.15, 0.2) is 11.4 Å². The Labute approximate surface area is 207 Å². The van der Waals surface area contributed by atoms with Crippen LogP contribution in [0.2, 0.25) is 0 Å². The highest BCUT2D eigenvalue weighted by molar-refractivity contribution is 6.10. The maximum atomic E-state index is 13.4. The van der Waals surface area contributed by atoms with E-state index < -0.39 is 23.4 Å². The normalized spacial score (nSPS) is 20.8. The summed E-state index contributed by atoms with van der Waals surface area (Å²) in [4.78, 5) is 39.8. The summed E-state index contributed by atoms with van der Waals surface area (Å²) >= 11 is 0. The summed E-state index contributed by atoms with van der Waals surface area (Å²) in [6, 6.07) is 13.9. The Morgan fingerprint density at radius 2 is 1.89 bits per heavy atom. The van der Waals surface area contributed by atoms with Crippen molar-refractivity contribution in [2.24, 2.45) is 0 Å². The number of hydrogen-bond donors (Lipinski definition) is 2. The van der Waals surface area contributed by atoms with Crippen LogP contribution in [0.5, 0.6) is 5.75 Å². The number of aromatic nitrogens is 3. The number of hydrogen-bond acceptors (Lipinski definition) is 6. The second-order valence-corrected chi connectivity index (χ2v) is 9.35. The third-order valence-corrected chi connectivity index (χ3v) is 7.10. The predicted octanol–water partition coefficient (Wildman–Crippen LogP) is 2.84. The van der Waals surface area contributed by atoms with Crippen molar-refractivity contribution in [2.75, 3.05) is 18.5 Å². The molecule has 10 heteroatoms. The van der Waals surface area contributed by atoms with Gasteiger partial charge in [0.2, 0.25) is 5.91 Å². The average Bonchev–Trinajstić information content (AvgIpc) is 3.27. The highest BCUT2D eigenvalue weighted by Crippen LogP contribution is 2.40. The zero-order valence-corrected chi connectivity index (χ0v) is 19.7. The van der Waals surface area contributed by atoms with Gasteiger partial charge in [0.25, 0.3) is 5.91 Å². The molecule has 4 heterocycles. The molecule has 3 aromatic rings. The minimum absolute atomic E-state index is 0.296. The Morgan fingerprint density at radius 3 is 2.75 bits per heavy atom. The summed E-state index contributed by atoms with van der Waals surface area (Å²) in [6.07, 6.45) is 4.66. The first-order valence-electron chi connectivity index (χ1n) is 12.2. The Kier molecular flexibility index (Phi) is 5.43. The third-order valence-electron chi connectivity index (χ3n) is 7.10. The topological polar surface area (TPSA) is 118 Å². The van der Waals surface area contributed by atoms with Crippen molar-refractivity contribution in [3.05, 3.63) is 59.9 Å². The minimum Gasteiger partial charge on any atom is -0.493 e. The van der Waals surface area contributed by atoms with Crippen LogP contribution in [-0.4, -0.2) is 50.7 Å². The van der Waals surface area contributed by atoms with Gasteiger partial charge in [-0.05, 0) is 43.2 Å². The van der Waals surface area contributed by atoms with Gasteiger partial charge in [-0.1, -0.05) is 24.6 Å². The van der Waals surface area contributed by atoms with E-state index in [1.165, 1.54) is 6.42 Å². The fraction of sp³-hybridized carbons (Fsp3) is 0.346. The van der Waals surface area contributed by atoms with Gasteiger partial charge in [-0.15, -0.1) is 10.2 Å². The molecule has 36 heavy (non-hydrogen) atoms. The molecule has 10 nitrogen and oxygen atoms in total. The number of aryl methyl sites for hydroxylation is 1. The number of imide groups is 1. The van der Waals surface area contributed by atoms with Crippen LogP contribution in [0.1, 0.15) is 37.1 Å². The molecule has 6 rings (SSSR count). The largest absolute Gasteiger partial charge is 0.493 e. The predicted molar refractivity (Wildman–Crippen MR) is 130 cm³/mol. The van der Waals surface area contributed by atoms with Gasteiger partial charge < -0.3 is 19.9 Å². The molecule has 0 bridgehead atoms. The lowest BCUT2D eigenvalue weighted by atomic mass is 9.84. The molecule has 3 aliphatic rings. The van der Waals surface area contributed by atoms with E-state index >= 15 is 0 Å². The molecule has 1 saturated heterocycles. The molecule has 0 aliphatic carbocycles. The molecule has 3 aliphatic heterocycles. The van der Waals surface area contributed by atoms with Crippen molar-refractivity contribution in [3.8, 4) is 17.1 Å². The number of carbonyl (C=O) groups is 3. The van der Waals surface area contributed by atoms with Gasteiger partial charge in [-0.3, -0.25) is 14.5 Å². The molecule has 4 amide bonds. The van der Waals surface area contributed by atoms with Crippen molar-refractivity contribution in [1.29, 1.82) is 0 Å². The number of rotatable bonds is 4.